The molecule has 1 aromatic rings. The van der Waals surface area contributed by atoms with Crippen molar-refractivity contribution < 1.29 is 17.9 Å². The van der Waals surface area contributed by atoms with Crippen molar-refractivity contribution in [2.24, 2.45) is 0 Å². The molecule has 0 saturated carbocycles. The van der Waals surface area contributed by atoms with E-state index in [9.17, 15) is 13.2 Å². The maximum atomic E-state index is 12.1. The fourth-order valence-electron chi connectivity index (χ4n) is 2.45. The van der Waals surface area contributed by atoms with Gasteiger partial charge in [-0.2, -0.15) is 0 Å². The van der Waals surface area contributed by atoms with Crippen molar-refractivity contribution in [1.82, 2.24) is 4.72 Å². The third-order valence-corrected chi connectivity index (χ3v) is 5.49. The quantitative estimate of drug-likeness (QED) is 0.848. The number of nitrogens with one attached hydrogen (secondary N) is 1. The zero-order valence-electron chi connectivity index (χ0n) is 13.8. The number of sulfonamides is 1. The maximum Gasteiger partial charge on any atom is 0.253 e. The number of morpholine rings is 1. The minimum Gasteiger partial charge on any atom is -0.365 e. The summed E-state index contributed by atoms with van der Waals surface area (Å²) in [6, 6.07) is 5.85. The number of carbonyl (C=O) groups excluding carboxylic acids is 1. The van der Waals surface area contributed by atoms with E-state index in [0.717, 1.165) is 11.3 Å². The van der Waals surface area contributed by atoms with E-state index in [1.165, 1.54) is 5.56 Å². The lowest BCUT2D eigenvalue weighted by atomic mass is 10.1. The van der Waals surface area contributed by atoms with Crippen LogP contribution in [-0.2, 0) is 19.6 Å². The van der Waals surface area contributed by atoms with E-state index >= 15 is 0 Å². The molecule has 128 valence electrons. The van der Waals surface area contributed by atoms with Crippen LogP contribution in [-0.4, -0.2) is 45.9 Å². The van der Waals surface area contributed by atoms with Crippen molar-refractivity contribution in [3.8, 4) is 0 Å². The van der Waals surface area contributed by atoms with E-state index in [2.05, 4.69) is 4.72 Å². The molecule has 1 saturated heterocycles. The second-order valence-electron chi connectivity index (χ2n) is 5.87. The summed E-state index contributed by atoms with van der Waals surface area (Å²) in [5, 5.41) is 0. The van der Waals surface area contributed by atoms with Crippen molar-refractivity contribution in [1.29, 1.82) is 0 Å². The number of aryl methyl sites for hydroxylation is 2. The lowest BCUT2D eigenvalue weighted by Gasteiger charge is -2.33. The van der Waals surface area contributed by atoms with Gasteiger partial charge in [-0.1, -0.05) is 13.0 Å². The van der Waals surface area contributed by atoms with Crippen LogP contribution in [0.5, 0.6) is 0 Å². The number of hydrogen-bond donors (Lipinski definition) is 1. The molecular formula is C16H24N2O4S. The third kappa shape index (κ3) is 4.76. The summed E-state index contributed by atoms with van der Waals surface area (Å²) in [4.78, 5) is 13.8. The van der Waals surface area contributed by atoms with Gasteiger partial charge in [-0.3, -0.25) is 4.79 Å². The minimum absolute atomic E-state index is 0.0346. The van der Waals surface area contributed by atoms with Gasteiger partial charge in [-0.25, -0.2) is 13.1 Å². The minimum atomic E-state index is -3.27. The Morgan fingerprint density at radius 1 is 1.30 bits per heavy atom. The van der Waals surface area contributed by atoms with E-state index in [-0.39, 0.29) is 30.9 Å². The van der Waals surface area contributed by atoms with Crippen molar-refractivity contribution in [2.45, 2.75) is 33.3 Å². The average molecular weight is 340 g/mol. The van der Waals surface area contributed by atoms with Crippen LogP contribution in [0, 0.1) is 13.8 Å². The van der Waals surface area contributed by atoms with E-state index in [4.69, 9.17) is 4.74 Å². The molecule has 2 rings (SSSR count). The first kappa shape index (κ1) is 17.9. The highest BCUT2D eigenvalue weighted by molar-refractivity contribution is 7.89. The topological polar surface area (TPSA) is 75.7 Å². The lowest BCUT2D eigenvalue weighted by molar-refractivity contribution is -0.129. The summed E-state index contributed by atoms with van der Waals surface area (Å²) >= 11 is 0. The van der Waals surface area contributed by atoms with Crippen molar-refractivity contribution >= 4 is 21.6 Å². The molecule has 6 nitrogen and oxygen atoms in total. The first-order valence-electron chi connectivity index (χ1n) is 7.79. The zero-order valence-corrected chi connectivity index (χ0v) is 14.6. The number of carbonyl (C=O) groups is 1. The molecule has 1 aliphatic rings. The largest absolute Gasteiger partial charge is 0.365 e. The van der Waals surface area contributed by atoms with Gasteiger partial charge in [0.25, 0.3) is 5.91 Å². The maximum absolute atomic E-state index is 12.1. The van der Waals surface area contributed by atoms with E-state index < -0.39 is 10.0 Å². The van der Waals surface area contributed by atoms with Gasteiger partial charge < -0.3 is 9.64 Å². The van der Waals surface area contributed by atoms with Crippen LogP contribution < -0.4 is 9.62 Å². The molecule has 1 fully saturated rings. The molecular weight excluding hydrogens is 316 g/mol. The van der Waals surface area contributed by atoms with Gasteiger partial charge in [-0.15, -0.1) is 0 Å². The fourth-order valence-corrected chi connectivity index (χ4v) is 3.57. The molecule has 23 heavy (non-hydrogen) atoms. The molecule has 0 radical (unpaired) electrons. The molecule has 1 aliphatic heterocycles. The highest BCUT2D eigenvalue weighted by Crippen LogP contribution is 2.21. The normalized spacial score (nSPS) is 19.2. The fraction of sp³-hybridized carbons (Fsp3) is 0.562. The Hall–Kier alpha value is -1.44. The average Bonchev–Trinajstić information content (AvgIpc) is 2.49. The number of ether oxygens (including phenoxy) is 1. The summed E-state index contributed by atoms with van der Waals surface area (Å²) in [6.07, 6.45) is 0.217. The second-order valence-corrected chi connectivity index (χ2v) is 7.80. The summed E-state index contributed by atoms with van der Waals surface area (Å²) in [6.45, 7) is 6.32. The number of nitrogens with zero attached hydrogens (tertiary/aromatic N) is 1. The van der Waals surface area contributed by atoms with E-state index in [0.29, 0.717) is 13.0 Å². The number of amides is 1. The molecule has 0 aliphatic carbocycles. The number of benzene rings is 1. The molecule has 1 atom stereocenters. The molecule has 0 bridgehead atoms. The summed E-state index contributed by atoms with van der Waals surface area (Å²) < 4.78 is 31.4. The van der Waals surface area contributed by atoms with Crippen LogP contribution in [0.25, 0.3) is 0 Å². The number of rotatable bonds is 6. The SMILES string of the molecule is CCCS(=O)(=O)NCC1CN(c2ccc(C)c(C)c2)C(=O)CO1. The zero-order chi connectivity index (χ0) is 17.0. The first-order valence-corrected chi connectivity index (χ1v) is 9.44. The monoisotopic (exact) mass is 340 g/mol. The molecule has 1 unspecified atom stereocenters. The standard InChI is InChI=1S/C16H24N2O4S/c1-4-7-23(20,21)17-9-15-10-18(16(19)11-22-15)14-6-5-12(2)13(3)8-14/h5-6,8,15,17H,4,7,9-11H2,1-3H3. The summed E-state index contributed by atoms with van der Waals surface area (Å²) in [5.41, 5.74) is 3.10. The highest BCUT2D eigenvalue weighted by atomic mass is 32.2. The summed E-state index contributed by atoms with van der Waals surface area (Å²) in [5.74, 6) is -0.0135. The molecule has 1 heterocycles. The van der Waals surface area contributed by atoms with Gasteiger partial charge >= 0.3 is 0 Å². The van der Waals surface area contributed by atoms with E-state index in [1.807, 2.05) is 39.0 Å². The lowest BCUT2D eigenvalue weighted by Crippen LogP contribution is -2.50. The molecule has 0 spiro atoms. The van der Waals surface area contributed by atoms with Crippen LogP contribution in [0.3, 0.4) is 0 Å². The van der Waals surface area contributed by atoms with Gasteiger partial charge in [0.15, 0.2) is 0 Å². The Morgan fingerprint density at radius 3 is 2.70 bits per heavy atom. The van der Waals surface area contributed by atoms with Gasteiger partial charge in [0, 0.05) is 12.2 Å². The number of anilines is 1. The van der Waals surface area contributed by atoms with Gasteiger partial charge in [0.1, 0.15) is 6.61 Å². The van der Waals surface area contributed by atoms with Gasteiger partial charge in [0.05, 0.1) is 18.4 Å². The molecule has 1 N–H and O–H groups in total. The molecule has 1 aromatic carbocycles. The third-order valence-electron chi connectivity index (χ3n) is 3.94. The molecule has 1 amide bonds. The van der Waals surface area contributed by atoms with Gasteiger partial charge in [-0.05, 0) is 43.5 Å². The smallest absolute Gasteiger partial charge is 0.253 e. The van der Waals surface area contributed by atoms with Crippen LogP contribution in [0.1, 0.15) is 24.5 Å². The molecule has 7 heteroatoms. The van der Waals surface area contributed by atoms with Crippen LogP contribution >= 0.6 is 0 Å². The second kappa shape index (κ2) is 7.42. The Balaban J connectivity index is 2.04. The predicted molar refractivity (Wildman–Crippen MR) is 90.1 cm³/mol. The predicted octanol–water partition coefficient (Wildman–Crippen LogP) is 1.36. The Labute approximate surface area is 137 Å². The van der Waals surface area contributed by atoms with Crippen molar-refractivity contribution in [3.05, 3.63) is 29.3 Å². The Morgan fingerprint density at radius 2 is 2.04 bits per heavy atom. The van der Waals surface area contributed by atoms with E-state index in [1.54, 1.807) is 4.90 Å². The number of hydrogen-bond acceptors (Lipinski definition) is 4. The Kier molecular flexibility index (Phi) is 5.78. The van der Waals surface area contributed by atoms with Crippen LogP contribution in [0.2, 0.25) is 0 Å². The van der Waals surface area contributed by atoms with Crippen molar-refractivity contribution in [3.63, 3.8) is 0 Å². The summed E-state index contributed by atoms with van der Waals surface area (Å²) in [7, 11) is -3.27. The highest BCUT2D eigenvalue weighted by Gasteiger charge is 2.28. The van der Waals surface area contributed by atoms with Crippen LogP contribution in [0.4, 0.5) is 5.69 Å². The first-order chi connectivity index (χ1) is 10.8. The van der Waals surface area contributed by atoms with Gasteiger partial charge in [0.2, 0.25) is 10.0 Å². The van der Waals surface area contributed by atoms with Crippen molar-refractivity contribution in [2.75, 3.05) is 30.3 Å². The Bertz CT molecular complexity index is 673. The van der Waals surface area contributed by atoms with Crippen LogP contribution in [0.15, 0.2) is 18.2 Å². The molecule has 0 aromatic heterocycles.